The molecule has 0 aromatic heterocycles. The number of benzene rings is 2. The summed E-state index contributed by atoms with van der Waals surface area (Å²) >= 11 is 0. The summed E-state index contributed by atoms with van der Waals surface area (Å²) in [7, 11) is 2.92. The van der Waals surface area contributed by atoms with E-state index in [0.29, 0.717) is 22.7 Å². The Kier molecular flexibility index (Phi) is 9.00. The van der Waals surface area contributed by atoms with Gasteiger partial charge in [0.05, 0.1) is 14.2 Å². The molecule has 10 nitrogen and oxygen atoms in total. The highest BCUT2D eigenvalue weighted by Crippen LogP contribution is 2.23. The van der Waals surface area contributed by atoms with Gasteiger partial charge in [0.25, 0.3) is 11.8 Å². The lowest BCUT2D eigenvalue weighted by Crippen LogP contribution is -2.47. The van der Waals surface area contributed by atoms with Crippen LogP contribution >= 0.6 is 0 Å². The van der Waals surface area contributed by atoms with Gasteiger partial charge >= 0.3 is 5.97 Å². The van der Waals surface area contributed by atoms with Crippen molar-refractivity contribution in [3.05, 3.63) is 53.6 Å². The zero-order valence-electron chi connectivity index (χ0n) is 19.7. The lowest BCUT2D eigenvalue weighted by molar-refractivity contribution is -0.156. The van der Waals surface area contributed by atoms with Crippen molar-refractivity contribution < 1.29 is 33.4 Å². The predicted octanol–water partition coefficient (Wildman–Crippen LogP) is 2.13. The molecule has 0 aliphatic heterocycles. The van der Waals surface area contributed by atoms with Crippen LogP contribution in [0.15, 0.2) is 42.5 Å². The van der Waals surface area contributed by atoms with E-state index >= 15 is 0 Å². The van der Waals surface area contributed by atoms with E-state index in [-0.39, 0.29) is 11.5 Å². The Morgan fingerprint density at radius 3 is 1.88 bits per heavy atom. The standard InChI is InChI=1S/C24H29N3O7/c1-13(2)20(27-23(30)16-10-18(32-4)12-19(11-16)33-5)24(31)34-14(3)22(29)26-17-8-6-15(7-9-17)21(25)28/h6-14,20H,1-5H3,(H2,25,28)(H,26,29)(H,27,30)/t14?,20-/m0/s1. The summed E-state index contributed by atoms with van der Waals surface area (Å²) in [4.78, 5) is 49.2. The number of anilines is 1. The minimum atomic E-state index is -1.14. The maximum atomic E-state index is 12.8. The number of hydrogen-bond donors (Lipinski definition) is 3. The van der Waals surface area contributed by atoms with Crippen molar-refractivity contribution >= 4 is 29.4 Å². The third-order valence-corrected chi connectivity index (χ3v) is 4.92. The molecule has 0 radical (unpaired) electrons. The molecule has 0 saturated carbocycles. The molecule has 0 bridgehead atoms. The Morgan fingerprint density at radius 1 is 0.853 bits per heavy atom. The molecule has 0 heterocycles. The van der Waals surface area contributed by atoms with Gasteiger partial charge in [0.15, 0.2) is 6.10 Å². The van der Waals surface area contributed by atoms with Gasteiger partial charge in [-0.2, -0.15) is 0 Å². The highest BCUT2D eigenvalue weighted by molar-refractivity contribution is 5.99. The second-order valence-electron chi connectivity index (χ2n) is 7.81. The smallest absolute Gasteiger partial charge is 0.329 e. The van der Waals surface area contributed by atoms with Gasteiger partial charge in [0.1, 0.15) is 17.5 Å². The van der Waals surface area contributed by atoms with Gasteiger partial charge in [-0.3, -0.25) is 14.4 Å². The van der Waals surface area contributed by atoms with E-state index < -0.39 is 35.8 Å². The average Bonchev–Trinajstić information content (AvgIpc) is 2.81. The Balaban J connectivity index is 2.05. The molecule has 10 heteroatoms. The molecule has 2 atom stereocenters. The van der Waals surface area contributed by atoms with Crippen LogP contribution in [0.1, 0.15) is 41.5 Å². The van der Waals surface area contributed by atoms with Gasteiger partial charge in [-0.1, -0.05) is 13.8 Å². The molecule has 2 rings (SSSR count). The van der Waals surface area contributed by atoms with Crippen LogP contribution in [-0.2, 0) is 14.3 Å². The van der Waals surface area contributed by atoms with Crippen molar-refractivity contribution in [1.29, 1.82) is 0 Å². The van der Waals surface area contributed by atoms with Crippen molar-refractivity contribution in [1.82, 2.24) is 5.32 Å². The van der Waals surface area contributed by atoms with Gasteiger partial charge in [0, 0.05) is 22.9 Å². The van der Waals surface area contributed by atoms with Crippen LogP contribution in [0.5, 0.6) is 11.5 Å². The maximum absolute atomic E-state index is 12.8. The monoisotopic (exact) mass is 471 g/mol. The highest BCUT2D eigenvalue weighted by Gasteiger charge is 2.29. The fraction of sp³-hybridized carbons (Fsp3) is 0.333. The van der Waals surface area contributed by atoms with E-state index in [9.17, 15) is 19.2 Å². The number of nitrogens with two attached hydrogens (primary N) is 1. The van der Waals surface area contributed by atoms with Gasteiger partial charge in [0.2, 0.25) is 5.91 Å². The number of carbonyl (C=O) groups excluding carboxylic acids is 4. The molecule has 3 amide bonds. The number of esters is 1. The van der Waals surface area contributed by atoms with E-state index in [2.05, 4.69) is 10.6 Å². The number of ether oxygens (including phenoxy) is 3. The SMILES string of the molecule is COc1cc(OC)cc(C(=O)N[C@H](C(=O)OC(C)C(=O)Nc2ccc(C(N)=O)cc2)C(C)C)c1. The molecule has 0 fully saturated rings. The number of hydrogen-bond acceptors (Lipinski definition) is 7. The van der Waals surface area contributed by atoms with Crippen molar-refractivity contribution in [2.45, 2.75) is 32.9 Å². The zero-order valence-corrected chi connectivity index (χ0v) is 19.7. The largest absolute Gasteiger partial charge is 0.497 e. The molecule has 1 unspecified atom stereocenters. The lowest BCUT2D eigenvalue weighted by Gasteiger charge is -2.23. The molecule has 2 aromatic carbocycles. The normalized spacial score (nSPS) is 12.3. The van der Waals surface area contributed by atoms with Crippen molar-refractivity contribution in [3.63, 3.8) is 0 Å². The van der Waals surface area contributed by atoms with E-state index in [1.54, 1.807) is 19.9 Å². The van der Waals surface area contributed by atoms with Gasteiger partial charge < -0.3 is 30.6 Å². The second kappa shape index (κ2) is 11.7. The first-order chi connectivity index (χ1) is 16.0. The minimum absolute atomic E-state index is 0.236. The Hall–Kier alpha value is -4.08. The molecule has 4 N–H and O–H groups in total. The number of primary amides is 1. The maximum Gasteiger partial charge on any atom is 0.329 e. The highest BCUT2D eigenvalue weighted by atomic mass is 16.5. The molecule has 0 saturated heterocycles. The fourth-order valence-electron chi connectivity index (χ4n) is 2.92. The predicted molar refractivity (Wildman–Crippen MR) is 125 cm³/mol. The molecule has 0 spiro atoms. The molecular formula is C24H29N3O7. The summed E-state index contributed by atoms with van der Waals surface area (Å²) in [5, 5.41) is 5.24. The van der Waals surface area contributed by atoms with E-state index in [1.807, 2.05) is 0 Å². The summed E-state index contributed by atoms with van der Waals surface area (Å²) in [5.74, 6) is -1.93. The van der Waals surface area contributed by atoms with Gasteiger partial charge in [-0.05, 0) is 49.2 Å². The minimum Gasteiger partial charge on any atom is -0.497 e. The van der Waals surface area contributed by atoms with Crippen LogP contribution in [0.25, 0.3) is 0 Å². The van der Waals surface area contributed by atoms with Crippen molar-refractivity contribution in [2.24, 2.45) is 11.7 Å². The molecule has 182 valence electrons. The first kappa shape index (κ1) is 26.2. The summed E-state index contributed by atoms with van der Waals surface area (Å²) in [6.45, 7) is 4.89. The molecular weight excluding hydrogens is 442 g/mol. The number of carbonyl (C=O) groups is 4. The van der Waals surface area contributed by atoms with Crippen LogP contribution in [-0.4, -0.2) is 50.1 Å². The lowest BCUT2D eigenvalue weighted by atomic mass is 10.0. The molecule has 0 aliphatic rings. The van der Waals surface area contributed by atoms with Crippen LogP contribution in [0, 0.1) is 5.92 Å². The average molecular weight is 472 g/mol. The topological polar surface area (TPSA) is 146 Å². The molecule has 0 aliphatic carbocycles. The van der Waals surface area contributed by atoms with Gasteiger partial charge in [-0.25, -0.2) is 4.79 Å². The summed E-state index contributed by atoms with van der Waals surface area (Å²) < 4.78 is 15.7. The number of amides is 3. The van der Waals surface area contributed by atoms with Crippen LogP contribution in [0.4, 0.5) is 5.69 Å². The summed E-state index contributed by atoms with van der Waals surface area (Å²) in [6.07, 6.45) is -1.14. The number of rotatable bonds is 10. The Labute approximate surface area is 197 Å². The molecule has 34 heavy (non-hydrogen) atoms. The summed E-state index contributed by atoms with van der Waals surface area (Å²) in [6, 6.07) is 9.58. The fourth-order valence-corrected chi connectivity index (χ4v) is 2.92. The first-order valence-electron chi connectivity index (χ1n) is 10.5. The van der Waals surface area contributed by atoms with Crippen molar-refractivity contribution in [2.75, 3.05) is 19.5 Å². The van der Waals surface area contributed by atoms with E-state index in [0.717, 1.165) is 0 Å². The molecule has 2 aromatic rings. The number of nitrogens with one attached hydrogen (secondary N) is 2. The van der Waals surface area contributed by atoms with Crippen LogP contribution in [0.2, 0.25) is 0 Å². The quantitative estimate of drug-likeness (QED) is 0.450. The second-order valence-corrected chi connectivity index (χ2v) is 7.81. The van der Waals surface area contributed by atoms with Crippen molar-refractivity contribution in [3.8, 4) is 11.5 Å². The van der Waals surface area contributed by atoms with Crippen LogP contribution < -0.4 is 25.8 Å². The van der Waals surface area contributed by atoms with Crippen LogP contribution in [0.3, 0.4) is 0 Å². The third kappa shape index (κ3) is 6.96. The first-order valence-corrected chi connectivity index (χ1v) is 10.5. The van der Waals surface area contributed by atoms with Gasteiger partial charge in [-0.15, -0.1) is 0 Å². The Bertz CT molecular complexity index is 1030. The van der Waals surface area contributed by atoms with E-state index in [4.69, 9.17) is 19.9 Å². The third-order valence-electron chi connectivity index (χ3n) is 4.92. The zero-order chi connectivity index (χ0) is 25.4. The number of methoxy groups -OCH3 is 2. The van der Waals surface area contributed by atoms with E-state index in [1.165, 1.54) is 57.5 Å². The Morgan fingerprint density at radius 2 is 1.41 bits per heavy atom. The summed E-state index contributed by atoms with van der Waals surface area (Å²) in [5.41, 5.74) is 6.13.